The maximum Gasteiger partial charge on any atom is 0.333 e. The molecule has 2 aromatic rings. The topological polar surface area (TPSA) is 46.5 Å². The lowest BCUT2D eigenvalue weighted by atomic mass is 10.0. The summed E-state index contributed by atoms with van der Waals surface area (Å²) in [6, 6.07) is 17.8. The number of carbonyl (C=O) groups is 1. The van der Waals surface area contributed by atoms with Crippen molar-refractivity contribution in [2.75, 3.05) is 0 Å². The molecule has 0 spiro atoms. The van der Waals surface area contributed by atoms with Gasteiger partial charge in [-0.1, -0.05) is 67.9 Å². The van der Waals surface area contributed by atoms with E-state index in [1.54, 1.807) is 0 Å². The predicted molar refractivity (Wildman–Crippen MR) is 91.4 cm³/mol. The second-order valence-electron chi connectivity index (χ2n) is 5.75. The lowest BCUT2D eigenvalue weighted by Gasteiger charge is -2.14. The zero-order valence-corrected chi connectivity index (χ0v) is 13.6. The fraction of sp³-hybridized carbons (Fsp3) is 0.350. The summed E-state index contributed by atoms with van der Waals surface area (Å²) in [6.07, 6.45) is 2.99. The fourth-order valence-electron chi connectivity index (χ4n) is 2.43. The molecule has 23 heavy (non-hydrogen) atoms. The first-order chi connectivity index (χ1) is 11.2. The highest BCUT2D eigenvalue weighted by atomic mass is 16.5. The molecule has 1 N–H and O–H groups in total. The molecule has 0 aliphatic carbocycles. The number of aliphatic carboxylic acids is 1. The highest BCUT2D eigenvalue weighted by Gasteiger charge is 2.18. The van der Waals surface area contributed by atoms with Crippen LogP contribution < -0.4 is 0 Å². The van der Waals surface area contributed by atoms with Crippen molar-refractivity contribution in [2.24, 2.45) is 0 Å². The van der Waals surface area contributed by atoms with Gasteiger partial charge in [0.1, 0.15) is 0 Å². The van der Waals surface area contributed by atoms with Gasteiger partial charge in [0, 0.05) is 6.42 Å². The molecular formula is C20H24O3. The van der Waals surface area contributed by atoms with Gasteiger partial charge < -0.3 is 9.84 Å². The van der Waals surface area contributed by atoms with Crippen LogP contribution in [0.5, 0.6) is 0 Å². The quantitative estimate of drug-likeness (QED) is 0.753. The summed E-state index contributed by atoms with van der Waals surface area (Å²) in [4.78, 5) is 11.4. The van der Waals surface area contributed by atoms with Gasteiger partial charge in [0.2, 0.25) is 0 Å². The van der Waals surface area contributed by atoms with Crippen LogP contribution in [0.25, 0.3) is 0 Å². The van der Waals surface area contributed by atoms with E-state index in [0.717, 1.165) is 17.5 Å². The van der Waals surface area contributed by atoms with Crippen LogP contribution in [0, 0.1) is 0 Å². The number of hydrogen-bond acceptors (Lipinski definition) is 2. The SMILES string of the molecule is CCCCc1ccc(CC(OCc2ccccc2)C(=O)O)cc1. The van der Waals surface area contributed by atoms with Crippen molar-refractivity contribution in [3.8, 4) is 0 Å². The molecule has 0 fully saturated rings. The molecular weight excluding hydrogens is 288 g/mol. The van der Waals surface area contributed by atoms with Crippen LogP contribution in [0.4, 0.5) is 0 Å². The average molecular weight is 312 g/mol. The number of unbranched alkanes of at least 4 members (excludes halogenated alkanes) is 1. The van der Waals surface area contributed by atoms with Crippen LogP contribution in [0.1, 0.15) is 36.5 Å². The van der Waals surface area contributed by atoms with Crippen molar-refractivity contribution >= 4 is 5.97 Å². The van der Waals surface area contributed by atoms with Crippen LogP contribution in [-0.2, 0) is 29.0 Å². The summed E-state index contributed by atoms with van der Waals surface area (Å²) in [5.41, 5.74) is 3.27. The number of hydrogen-bond donors (Lipinski definition) is 1. The molecule has 2 rings (SSSR count). The van der Waals surface area contributed by atoms with E-state index < -0.39 is 12.1 Å². The molecule has 1 atom stereocenters. The van der Waals surface area contributed by atoms with Gasteiger partial charge in [-0.3, -0.25) is 0 Å². The average Bonchev–Trinajstić information content (AvgIpc) is 2.58. The Kier molecular flexibility index (Phi) is 6.82. The number of carboxylic acid groups (broad SMARTS) is 1. The first kappa shape index (κ1) is 17.2. The van der Waals surface area contributed by atoms with E-state index in [2.05, 4.69) is 19.1 Å². The van der Waals surface area contributed by atoms with E-state index in [9.17, 15) is 9.90 Å². The standard InChI is InChI=1S/C20H24O3/c1-2-3-7-16-10-12-17(13-11-16)14-19(20(21)22)23-15-18-8-5-4-6-9-18/h4-6,8-13,19H,2-3,7,14-15H2,1H3,(H,21,22). The minimum atomic E-state index is -0.920. The third-order valence-electron chi connectivity index (χ3n) is 3.83. The zero-order chi connectivity index (χ0) is 16.5. The highest BCUT2D eigenvalue weighted by Crippen LogP contribution is 2.13. The zero-order valence-electron chi connectivity index (χ0n) is 13.6. The molecule has 0 aromatic heterocycles. The highest BCUT2D eigenvalue weighted by molar-refractivity contribution is 5.72. The Bertz CT molecular complexity index is 590. The molecule has 0 radical (unpaired) electrons. The Morgan fingerprint density at radius 1 is 1.00 bits per heavy atom. The van der Waals surface area contributed by atoms with E-state index in [1.807, 2.05) is 42.5 Å². The van der Waals surface area contributed by atoms with E-state index in [0.29, 0.717) is 13.0 Å². The molecule has 0 heterocycles. The van der Waals surface area contributed by atoms with E-state index >= 15 is 0 Å². The fourth-order valence-corrected chi connectivity index (χ4v) is 2.43. The van der Waals surface area contributed by atoms with Gasteiger partial charge in [-0.25, -0.2) is 4.79 Å². The third-order valence-corrected chi connectivity index (χ3v) is 3.83. The van der Waals surface area contributed by atoms with Crippen molar-refractivity contribution < 1.29 is 14.6 Å². The second kappa shape index (κ2) is 9.11. The van der Waals surface area contributed by atoms with Gasteiger partial charge in [-0.05, 0) is 29.5 Å². The number of rotatable bonds is 9. The normalized spacial score (nSPS) is 12.0. The largest absolute Gasteiger partial charge is 0.479 e. The van der Waals surface area contributed by atoms with Crippen LogP contribution in [0.3, 0.4) is 0 Å². The molecule has 0 bridgehead atoms. The summed E-state index contributed by atoms with van der Waals surface area (Å²) in [6.45, 7) is 2.49. The monoisotopic (exact) mass is 312 g/mol. The molecule has 0 amide bonds. The number of aryl methyl sites for hydroxylation is 1. The van der Waals surface area contributed by atoms with Gasteiger partial charge in [0.15, 0.2) is 6.10 Å². The first-order valence-corrected chi connectivity index (χ1v) is 8.15. The van der Waals surface area contributed by atoms with Gasteiger partial charge in [-0.2, -0.15) is 0 Å². The predicted octanol–water partition coefficient (Wildman–Crippen LogP) is 4.24. The van der Waals surface area contributed by atoms with Crippen LogP contribution >= 0.6 is 0 Å². The molecule has 3 nitrogen and oxygen atoms in total. The summed E-state index contributed by atoms with van der Waals surface area (Å²) in [5, 5.41) is 9.36. The molecule has 2 aromatic carbocycles. The molecule has 122 valence electrons. The van der Waals surface area contributed by atoms with Gasteiger partial charge in [-0.15, -0.1) is 0 Å². The molecule has 3 heteroatoms. The minimum absolute atomic E-state index is 0.312. The first-order valence-electron chi connectivity index (χ1n) is 8.15. The summed E-state index contributed by atoms with van der Waals surface area (Å²) in [7, 11) is 0. The van der Waals surface area contributed by atoms with E-state index in [4.69, 9.17) is 4.74 Å². The van der Waals surface area contributed by atoms with Crippen LogP contribution in [0.15, 0.2) is 54.6 Å². The smallest absolute Gasteiger partial charge is 0.333 e. The number of ether oxygens (including phenoxy) is 1. The number of carboxylic acids is 1. The summed E-state index contributed by atoms with van der Waals surface area (Å²) in [5.74, 6) is -0.920. The van der Waals surface area contributed by atoms with Gasteiger partial charge >= 0.3 is 5.97 Å². The molecule has 0 saturated heterocycles. The van der Waals surface area contributed by atoms with Crippen molar-refractivity contribution in [3.05, 3.63) is 71.3 Å². The Morgan fingerprint density at radius 3 is 2.26 bits per heavy atom. The minimum Gasteiger partial charge on any atom is -0.479 e. The Balaban J connectivity index is 1.92. The van der Waals surface area contributed by atoms with Gasteiger partial charge in [0.05, 0.1) is 6.61 Å². The third kappa shape index (κ3) is 5.87. The maximum absolute atomic E-state index is 11.4. The lowest BCUT2D eigenvalue weighted by Crippen LogP contribution is -2.26. The van der Waals surface area contributed by atoms with E-state index in [-0.39, 0.29) is 0 Å². The lowest BCUT2D eigenvalue weighted by molar-refractivity contribution is -0.151. The molecule has 0 aliphatic heterocycles. The Hall–Kier alpha value is -2.13. The van der Waals surface area contributed by atoms with Gasteiger partial charge in [0.25, 0.3) is 0 Å². The summed E-state index contributed by atoms with van der Waals surface area (Å²) >= 11 is 0. The van der Waals surface area contributed by atoms with Crippen molar-refractivity contribution in [2.45, 2.75) is 45.3 Å². The van der Waals surface area contributed by atoms with Crippen molar-refractivity contribution in [1.82, 2.24) is 0 Å². The number of benzene rings is 2. The molecule has 0 aliphatic rings. The molecule has 1 unspecified atom stereocenters. The summed E-state index contributed by atoms with van der Waals surface area (Å²) < 4.78 is 5.59. The maximum atomic E-state index is 11.4. The Morgan fingerprint density at radius 2 is 1.65 bits per heavy atom. The van der Waals surface area contributed by atoms with E-state index in [1.165, 1.54) is 18.4 Å². The molecule has 0 saturated carbocycles. The second-order valence-corrected chi connectivity index (χ2v) is 5.75. The van der Waals surface area contributed by atoms with Crippen LogP contribution in [0.2, 0.25) is 0 Å². The van der Waals surface area contributed by atoms with Crippen molar-refractivity contribution in [1.29, 1.82) is 0 Å². The van der Waals surface area contributed by atoms with Crippen molar-refractivity contribution in [3.63, 3.8) is 0 Å². The Labute approximate surface area is 137 Å². The van der Waals surface area contributed by atoms with Crippen LogP contribution in [-0.4, -0.2) is 17.2 Å².